The highest BCUT2D eigenvalue weighted by atomic mass is 16.6. The Kier molecular flexibility index (Phi) is 13.3. The molecule has 0 saturated carbocycles. The molecule has 0 aromatic heterocycles. The topological polar surface area (TPSA) is 112 Å². The summed E-state index contributed by atoms with van der Waals surface area (Å²) in [6.45, 7) is 0.640. The van der Waals surface area contributed by atoms with Gasteiger partial charge in [-0.05, 0) is 0 Å². The Balaban J connectivity index is 3.20. The number of aliphatic hydroxyl groups excluding tert-OH is 2. The van der Waals surface area contributed by atoms with E-state index in [1.165, 1.54) is 0 Å². The van der Waals surface area contributed by atoms with Crippen molar-refractivity contribution in [3.63, 3.8) is 0 Å². The fourth-order valence-corrected chi connectivity index (χ4v) is 1.10. The van der Waals surface area contributed by atoms with Crippen molar-refractivity contribution < 1.29 is 38.7 Å². The number of ether oxygens (including phenoxy) is 4. The zero-order valence-corrected chi connectivity index (χ0v) is 11.4. The summed E-state index contributed by atoms with van der Waals surface area (Å²) < 4.78 is 19.5. The van der Waals surface area contributed by atoms with Gasteiger partial charge in [-0.25, -0.2) is 0 Å². The summed E-state index contributed by atoms with van der Waals surface area (Å²) in [5, 5.41) is 16.8. The summed E-state index contributed by atoms with van der Waals surface area (Å²) in [7, 11) is 0. The monoisotopic (exact) mass is 294 g/mol. The molecule has 0 saturated heterocycles. The minimum absolute atomic E-state index is 0.00563. The highest BCUT2D eigenvalue weighted by Gasteiger charge is 2.03. The lowest BCUT2D eigenvalue weighted by molar-refractivity contribution is -0.147. The van der Waals surface area contributed by atoms with E-state index in [1.54, 1.807) is 0 Å². The van der Waals surface area contributed by atoms with Gasteiger partial charge in [0.15, 0.2) is 0 Å². The Hall–Kier alpha value is -1.22. The third-order valence-electron chi connectivity index (χ3n) is 1.98. The van der Waals surface area contributed by atoms with E-state index in [1.807, 2.05) is 0 Å². The quantitative estimate of drug-likeness (QED) is 0.324. The van der Waals surface area contributed by atoms with Crippen LogP contribution in [0.25, 0.3) is 0 Å². The lowest BCUT2D eigenvalue weighted by Gasteiger charge is -2.06. The fraction of sp³-hybridized carbons (Fsp3) is 0.833. The number of hydrogen-bond acceptors (Lipinski definition) is 8. The average Bonchev–Trinajstić information content (AvgIpc) is 2.45. The highest BCUT2D eigenvalue weighted by Crippen LogP contribution is 1.91. The number of aliphatic hydroxyl groups is 2. The van der Waals surface area contributed by atoms with Gasteiger partial charge >= 0.3 is 11.9 Å². The molecule has 118 valence electrons. The number of carbonyl (C=O) groups excluding carboxylic acids is 2. The molecule has 0 heterocycles. The Morgan fingerprint density at radius 1 is 0.650 bits per heavy atom. The normalized spacial score (nSPS) is 10.3. The van der Waals surface area contributed by atoms with Crippen molar-refractivity contribution in [3.8, 4) is 0 Å². The van der Waals surface area contributed by atoms with Crippen molar-refractivity contribution in [2.75, 3.05) is 52.9 Å². The predicted molar refractivity (Wildman–Crippen MR) is 67.0 cm³/mol. The average molecular weight is 294 g/mol. The molecule has 0 unspecified atom stereocenters. The molecule has 0 aliphatic carbocycles. The van der Waals surface area contributed by atoms with E-state index in [2.05, 4.69) is 9.47 Å². The second-order valence-electron chi connectivity index (χ2n) is 3.61. The van der Waals surface area contributed by atoms with E-state index in [-0.39, 0.29) is 52.5 Å². The zero-order chi connectivity index (χ0) is 15.1. The van der Waals surface area contributed by atoms with Crippen LogP contribution >= 0.6 is 0 Å². The molecule has 0 aromatic rings. The maximum Gasteiger partial charge on any atom is 0.308 e. The molecule has 0 fully saturated rings. The van der Waals surface area contributed by atoms with Gasteiger partial charge in [-0.2, -0.15) is 0 Å². The highest BCUT2D eigenvalue weighted by molar-refractivity contribution is 5.69. The number of carbonyl (C=O) groups is 2. The molecule has 0 aromatic carbocycles. The molecule has 0 aliphatic heterocycles. The first-order valence-corrected chi connectivity index (χ1v) is 6.39. The number of esters is 2. The Labute approximate surface area is 117 Å². The van der Waals surface area contributed by atoms with Crippen LogP contribution in [-0.2, 0) is 28.5 Å². The van der Waals surface area contributed by atoms with E-state index in [9.17, 15) is 9.59 Å². The van der Waals surface area contributed by atoms with Gasteiger partial charge in [0.25, 0.3) is 0 Å². The summed E-state index contributed by atoms with van der Waals surface area (Å²) in [4.78, 5) is 22.0. The Morgan fingerprint density at radius 3 is 1.40 bits per heavy atom. The van der Waals surface area contributed by atoms with Gasteiger partial charge in [-0.15, -0.1) is 0 Å². The van der Waals surface area contributed by atoms with Crippen molar-refractivity contribution in [2.45, 2.75) is 12.8 Å². The van der Waals surface area contributed by atoms with Gasteiger partial charge in [0, 0.05) is 0 Å². The van der Waals surface area contributed by atoms with Crippen LogP contribution in [0.2, 0.25) is 0 Å². The van der Waals surface area contributed by atoms with Crippen LogP contribution in [-0.4, -0.2) is 75.0 Å². The molecule has 2 N–H and O–H groups in total. The molecule has 8 heteroatoms. The van der Waals surface area contributed by atoms with Crippen LogP contribution in [0.1, 0.15) is 12.8 Å². The Bertz CT molecular complexity index is 230. The van der Waals surface area contributed by atoms with E-state index in [0.717, 1.165) is 0 Å². The minimum Gasteiger partial charge on any atom is -0.463 e. The maximum absolute atomic E-state index is 11.0. The lowest BCUT2D eigenvalue weighted by Crippen LogP contribution is -2.14. The SMILES string of the molecule is O=C(CCOCCOCCC(=O)OCCO)OCCO. The van der Waals surface area contributed by atoms with E-state index >= 15 is 0 Å². The lowest BCUT2D eigenvalue weighted by atomic mass is 10.4. The standard InChI is InChI=1S/C12H22O8/c13-3-7-19-11(15)1-5-17-9-10-18-6-2-12(16)20-8-4-14/h13-14H,1-10H2. The van der Waals surface area contributed by atoms with Crippen molar-refractivity contribution in [2.24, 2.45) is 0 Å². The minimum atomic E-state index is -0.424. The third-order valence-corrected chi connectivity index (χ3v) is 1.98. The first kappa shape index (κ1) is 18.8. The van der Waals surface area contributed by atoms with Crippen molar-refractivity contribution in [3.05, 3.63) is 0 Å². The molecule has 0 radical (unpaired) electrons. The zero-order valence-electron chi connectivity index (χ0n) is 11.4. The number of hydrogen-bond donors (Lipinski definition) is 2. The summed E-state index contributed by atoms with van der Waals surface area (Å²) in [5.74, 6) is -0.849. The summed E-state index contributed by atoms with van der Waals surface area (Å²) >= 11 is 0. The van der Waals surface area contributed by atoms with Gasteiger partial charge in [0.2, 0.25) is 0 Å². The molecule has 0 amide bonds. The summed E-state index contributed by atoms with van der Waals surface area (Å²) in [6.07, 6.45) is 0.237. The van der Waals surface area contributed by atoms with Crippen molar-refractivity contribution in [1.29, 1.82) is 0 Å². The van der Waals surface area contributed by atoms with Crippen LogP contribution in [0.15, 0.2) is 0 Å². The molecule has 0 rings (SSSR count). The van der Waals surface area contributed by atoms with E-state index < -0.39 is 11.9 Å². The smallest absolute Gasteiger partial charge is 0.308 e. The molecule has 0 atom stereocenters. The van der Waals surface area contributed by atoms with Gasteiger partial charge < -0.3 is 29.2 Å². The second-order valence-corrected chi connectivity index (χ2v) is 3.61. The first-order valence-electron chi connectivity index (χ1n) is 6.39. The van der Waals surface area contributed by atoms with E-state index in [4.69, 9.17) is 19.7 Å². The van der Waals surface area contributed by atoms with Crippen LogP contribution in [0.5, 0.6) is 0 Å². The summed E-state index contributed by atoms with van der Waals surface area (Å²) in [5.41, 5.74) is 0. The maximum atomic E-state index is 11.0. The van der Waals surface area contributed by atoms with Crippen LogP contribution in [0.3, 0.4) is 0 Å². The first-order chi connectivity index (χ1) is 9.70. The molecule has 0 spiro atoms. The van der Waals surface area contributed by atoms with Crippen LogP contribution in [0, 0.1) is 0 Å². The number of rotatable bonds is 13. The molecule has 0 bridgehead atoms. The van der Waals surface area contributed by atoms with Gasteiger partial charge in [-0.1, -0.05) is 0 Å². The second kappa shape index (κ2) is 14.2. The van der Waals surface area contributed by atoms with Gasteiger partial charge in [0.1, 0.15) is 13.2 Å². The van der Waals surface area contributed by atoms with Crippen LogP contribution < -0.4 is 0 Å². The van der Waals surface area contributed by atoms with Crippen molar-refractivity contribution in [1.82, 2.24) is 0 Å². The Morgan fingerprint density at radius 2 is 1.05 bits per heavy atom. The fourth-order valence-electron chi connectivity index (χ4n) is 1.10. The molecular formula is C12H22O8. The summed E-state index contributed by atoms with van der Waals surface area (Å²) in [6, 6.07) is 0. The van der Waals surface area contributed by atoms with Gasteiger partial charge in [-0.3, -0.25) is 9.59 Å². The molecule has 8 nitrogen and oxygen atoms in total. The van der Waals surface area contributed by atoms with E-state index in [0.29, 0.717) is 13.2 Å². The van der Waals surface area contributed by atoms with Crippen molar-refractivity contribution >= 4 is 11.9 Å². The predicted octanol–water partition coefficient (Wildman–Crippen LogP) is -1.13. The largest absolute Gasteiger partial charge is 0.463 e. The molecular weight excluding hydrogens is 272 g/mol. The third kappa shape index (κ3) is 13.2. The molecule has 20 heavy (non-hydrogen) atoms. The molecule has 0 aliphatic rings. The van der Waals surface area contributed by atoms with Crippen LogP contribution in [0.4, 0.5) is 0 Å². The van der Waals surface area contributed by atoms with Gasteiger partial charge in [0.05, 0.1) is 52.5 Å².